The van der Waals surface area contributed by atoms with Crippen molar-refractivity contribution in [1.82, 2.24) is 15.0 Å². The second-order valence-corrected chi connectivity index (χ2v) is 4.63. The monoisotopic (exact) mass is 286 g/mol. The van der Waals surface area contributed by atoms with Crippen molar-refractivity contribution in [2.24, 2.45) is 5.73 Å². The van der Waals surface area contributed by atoms with Gasteiger partial charge < -0.3 is 20.3 Å². The maximum absolute atomic E-state index is 11.6. The molecule has 1 heterocycles. The van der Waals surface area contributed by atoms with E-state index in [-0.39, 0.29) is 24.9 Å². The highest BCUT2D eigenvalue weighted by Crippen LogP contribution is 2.09. The molecule has 3 N–H and O–H groups in total. The molecule has 1 aromatic rings. The number of hydrogen-bond donors (Lipinski definition) is 2. The molecule has 0 radical (unpaired) electrons. The largest absolute Gasteiger partial charge is 0.464 e. The van der Waals surface area contributed by atoms with Gasteiger partial charge in [0.2, 0.25) is 0 Å². The first-order chi connectivity index (χ1) is 9.49. The van der Waals surface area contributed by atoms with Crippen molar-refractivity contribution in [1.29, 1.82) is 0 Å². The predicted molar refractivity (Wildman–Crippen MR) is 71.2 cm³/mol. The fourth-order valence-corrected chi connectivity index (χ4v) is 1.67. The number of aliphatic hydroxyl groups is 1. The number of nitrogens with zero attached hydrogens (tertiary/aromatic N) is 3. The van der Waals surface area contributed by atoms with Crippen LogP contribution in [-0.2, 0) is 22.4 Å². The minimum absolute atomic E-state index is 0.0366. The highest BCUT2D eigenvalue weighted by atomic mass is 16.5. The van der Waals surface area contributed by atoms with Gasteiger partial charge in [-0.2, -0.15) is 0 Å². The summed E-state index contributed by atoms with van der Waals surface area (Å²) >= 11 is 0. The molecule has 8 heteroatoms. The molecule has 1 unspecified atom stereocenters. The summed E-state index contributed by atoms with van der Waals surface area (Å²) in [4.78, 5) is 11.6. The molecule has 0 aliphatic rings. The number of ether oxygens (including phenoxy) is 2. The molecule has 20 heavy (non-hydrogen) atoms. The summed E-state index contributed by atoms with van der Waals surface area (Å²) in [7, 11) is 1.28. The summed E-state index contributed by atoms with van der Waals surface area (Å²) in [5, 5.41) is 17.5. The number of rotatable bonds is 8. The fraction of sp³-hybridized carbons (Fsp3) is 0.750. The average Bonchev–Trinajstić information content (AvgIpc) is 2.79. The van der Waals surface area contributed by atoms with Crippen molar-refractivity contribution in [3.63, 3.8) is 0 Å². The summed E-state index contributed by atoms with van der Waals surface area (Å²) < 4.78 is 11.4. The van der Waals surface area contributed by atoms with Crippen molar-refractivity contribution in [2.45, 2.75) is 39.0 Å². The van der Waals surface area contributed by atoms with E-state index >= 15 is 0 Å². The molecule has 0 aliphatic carbocycles. The number of methoxy groups -OCH3 is 1. The third-order valence-corrected chi connectivity index (χ3v) is 2.60. The van der Waals surface area contributed by atoms with Crippen molar-refractivity contribution in [3.05, 3.63) is 11.4 Å². The molecule has 0 saturated carbocycles. The van der Waals surface area contributed by atoms with Crippen LogP contribution in [0.25, 0.3) is 0 Å². The van der Waals surface area contributed by atoms with Crippen molar-refractivity contribution < 1.29 is 19.4 Å². The van der Waals surface area contributed by atoms with Gasteiger partial charge in [-0.15, -0.1) is 5.10 Å². The van der Waals surface area contributed by atoms with Crippen LogP contribution in [0.15, 0.2) is 0 Å². The zero-order valence-electron chi connectivity index (χ0n) is 12.1. The van der Waals surface area contributed by atoms with Gasteiger partial charge >= 0.3 is 5.97 Å². The summed E-state index contributed by atoms with van der Waals surface area (Å²) in [5.74, 6) is -0.562. The van der Waals surface area contributed by atoms with Crippen molar-refractivity contribution in [3.8, 4) is 0 Å². The quantitative estimate of drug-likeness (QED) is 0.611. The van der Waals surface area contributed by atoms with Crippen LogP contribution in [0, 0.1) is 0 Å². The molecule has 0 bridgehead atoms. The summed E-state index contributed by atoms with van der Waals surface area (Å²) in [6.45, 7) is 4.49. The third-order valence-electron chi connectivity index (χ3n) is 2.60. The Labute approximate surface area is 117 Å². The Morgan fingerprint density at radius 2 is 2.20 bits per heavy atom. The SMILES string of the molecule is COC(=O)c1nnn(CC(O)COC(C)C)c1CCN. The van der Waals surface area contributed by atoms with Crippen LogP contribution < -0.4 is 5.73 Å². The van der Waals surface area contributed by atoms with Crippen LogP contribution in [0.2, 0.25) is 0 Å². The maximum Gasteiger partial charge on any atom is 0.360 e. The molecule has 114 valence electrons. The molecular formula is C12H22N4O4. The minimum atomic E-state index is -0.735. The van der Waals surface area contributed by atoms with Crippen molar-refractivity contribution >= 4 is 5.97 Å². The zero-order valence-corrected chi connectivity index (χ0v) is 12.1. The number of carbonyl (C=O) groups is 1. The molecule has 0 amide bonds. The smallest absolute Gasteiger partial charge is 0.360 e. The standard InChI is InChI=1S/C12H22N4O4/c1-8(2)20-7-9(17)6-16-10(4-5-13)11(14-15-16)12(18)19-3/h8-9,17H,4-7,13H2,1-3H3. The lowest BCUT2D eigenvalue weighted by atomic mass is 10.2. The van der Waals surface area contributed by atoms with Gasteiger partial charge in [0.15, 0.2) is 5.69 Å². The van der Waals surface area contributed by atoms with Gasteiger partial charge in [0.25, 0.3) is 0 Å². The maximum atomic E-state index is 11.6. The Kier molecular flexibility index (Phi) is 6.56. The van der Waals surface area contributed by atoms with Gasteiger partial charge in [-0.1, -0.05) is 5.21 Å². The molecule has 1 atom stereocenters. The highest BCUT2D eigenvalue weighted by molar-refractivity contribution is 5.88. The predicted octanol–water partition coefficient (Wildman–Crippen LogP) is -0.648. The van der Waals surface area contributed by atoms with Crippen LogP contribution in [0.5, 0.6) is 0 Å². The van der Waals surface area contributed by atoms with Crippen LogP contribution in [-0.4, -0.2) is 58.5 Å². The van der Waals surface area contributed by atoms with Crippen LogP contribution in [0.4, 0.5) is 0 Å². The average molecular weight is 286 g/mol. The molecule has 0 spiro atoms. The number of carbonyl (C=O) groups excluding carboxylic acids is 1. The van der Waals surface area contributed by atoms with Gasteiger partial charge in [0.1, 0.15) is 0 Å². The topological polar surface area (TPSA) is 112 Å². The number of aliphatic hydroxyl groups excluding tert-OH is 1. The lowest BCUT2D eigenvalue weighted by Gasteiger charge is -2.14. The van der Waals surface area contributed by atoms with E-state index < -0.39 is 12.1 Å². The lowest BCUT2D eigenvalue weighted by molar-refractivity contribution is -0.00251. The first-order valence-electron chi connectivity index (χ1n) is 6.50. The normalized spacial score (nSPS) is 12.7. The lowest BCUT2D eigenvalue weighted by Crippen LogP contribution is -2.26. The molecule has 1 aromatic heterocycles. The molecule has 0 aromatic carbocycles. The van der Waals surface area contributed by atoms with Crippen LogP contribution in [0.1, 0.15) is 30.0 Å². The molecule has 0 aliphatic heterocycles. The summed E-state index contributed by atoms with van der Waals surface area (Å²) in [6.07, 6.45) is -0.273. The highest BCUT2D eigenvalue weighted by Gasteiger charge is 2.21. The number of nitrogens with two attached hydrogens (primary N) is 1. The first-order valence-corrected chi connectivity index (χ1v) is 6.50. The van der Waals surface area contributed by atoms with Crippen molar-refractivity contribution in [2.75, 3.05) is 20.3 Å². The van der Waals surface area contributed by atoms with E-state index in [2.05, 4.69) is 15.0 Å². The van der Waals surface area contributed by atoms with E-state index in [9.17, 15) is 9.90 Å². The molecule has 8 nitrogen and oxygen atoms in total. The fourth-order valence-electron chi connectivity index (χ4n) is 1.67. The van der Waals surface area contributed by atoms with E-state index in [1.54, 1.807) is 0 Å². The number of hydrogen-bond acceptors (Lipinski definition) is 7. The molecule has 1 rings (SSSR count). The number of esters is 1. The summed E-state index contributed by atoms with van der Waals surface area (Å²) in [6, 6.07) is 0. The van der Waals surface area contributed by atoms with E-state index in [0.29, 0.717) is 18.7 Å². The Bertz CT molecular complexity index is 433. The van der Waals surface area contributed by atoms with Gasteiger partial charge in [-0.3, -0.25) is 0 Å². The van der Waals surface area contributed by atoms with Gasteiger partial charge in [-0.05, 0) is 20.4 Å². The van der Waals surface area contributed by atoms with E-state index in [0.717, 1.165) is 0 Å². The van der Waals surface area contributed by atoms with E-state index in [1.165, 1.54) is 11.8 Å². The Morgan fingerprint density at radius 3 is 2.75 bits per heavy atom. The molecular weight excluding hydrogens is 264 g/mol. The van der Waals surface area contributed by atoms with Crippen LogP contribution >= 0.6 is 0 Å². The Hall–Kier alpha value is -1.51. The second-order valence-electron chi connectivity index (χ2n) is 4.63. The zero-order chi connectivity index (χ0) is 15.1. The van der Waals surface area contributed by atoms with Crippen LogP contribution in [0.3, 0.4) is 0 Å². The minimum Gasteiger partial charge on any atom is -0.464 e. The van der Waals surface area contributed by atoms with Gasteiger partial charge in [0, 0.05) is 6.42 Å². The Morgan fingerprint density at radius 1 is 1.50 bits per heavy atom. The van der Waals surface area contributed by atoms with Gasteiger partial charge in [-0.25, -0.2) is 9.48 Å². The van der Waals surface area contributed by atoms with E-state index in [1.807, 2.05) is 13.8 Å². The first kappa shape index (κ1) is 16.5. The molecule has 0 saturated heterocycles. The third kappa shape index (κ3) is 4.55. The Balaban J connectivity index is 2.78. The van der Waals surface area contributed by atoms with Gasteiger partial charge in [0.05, 0.1) is 38.2 Å². The summed E-state index contributed by atoms with van der Waals surface area (Å²) in [5.41, 5.74) is 6.21. The van der Waals surface area contributed by atoms with E-state index in [4.69, 9.17) is 10.5 Å². The molecule has 0 fully saturated rings. The second kappa shape index (κ2) is 7.93. The number of aromatic nitrogens is 3.